The number of hydrogen-bond donors (Lipinski definition) is 1. The summed E-state index contributed by atoms with van der Waals surface area (Å²) in [5.41, 5.74) is 0.796. The van der Waals surface area contributed by atoms with Gasteiger partial charge in [-0.1, -0.05) is 34.8 Å². The Hall–Kier alpha value is -1.34. The van der Waals surface area contributed by atoms with Crippen LogP contribution in [0.5, 0.6) is 5.75 Å². The minimum atomic E-state index is -1.72. The molecule has 0 unspecified atom stereocenters. The summed E-state index contributed by atoms with van der Waals surface area (Å²) in [6, 6.07) is 7.38. The van der Waals surface area contributed by atoms with Gasteiger partial charge in [-0.3, -0.25) is 0 Å². The van der Waals surface area contributed by atoms with E-state index in [-0.39, 0.29) is 5.82 Å². The number of hydrogen-bond acceptors (Lipinski definition) is 6. The third-order valence-corrected chi connectivity index (χ3v) is 4.13. The van der Waals surface area contributed by atoms with Crippen molar-refractivity contribution in [3.05, 3.63) is 30.1 Å². The van der Waals surface area contributed by atoms with Gasteiger partial charge in [0.2, 0.25) is 9.74 Å². The molecule has 9 heteroatoms. The van der Waals surface area contributed by atoms with Crippen LogP contribution in [0.15, 0.2) is 24.3 Å². The molecule has 0 bridgehead atoms. The fourth-order valence-corrected chi connectivity index (χ4v) is 2.62. The van der Waals surface area contributed by atoms with E-state index in [1.165, 1.54) is 0 Å². The third-order valence-electron chi connectivity index (χ3n) is 3.63. The molecular formula is C15H16Cl3N5O. The highest BCUT2D eigenvalue weighted by Crippen LogP contribution is 2.37. The van der Waals surface area contributed by atoms with Gasteiger partial charge in [-0.15, -0.1) is 0 Å². The van der Waals surface area contributed by atoms with Crippen LogP contribution in [0, 0.1) is 0 Å². The van der Waals surface area contributed by atoms with E-state index in [1.54, 1.807) is 7.11 Å². The summed E-state index contributed by atoms with van der Waals surface area (Å²) in [6.45, 7) is 3.27. The zero-order valence-corrected chi connectivity index (χ0v) is 15.2. The summed E-state index contributed by atoms with van der Waals surface area (Å²) in [5.74, 6) is 1.83. The van der Waals surface area contributed by atoms with Crippen molar-refractivity contribution in [3.8, 4) is 17.1 Å². The van der Waals surface area contributed by atoms with Gasteiger partial charge < -0.3 is 15.0 Å². The third kappa shape index (κ3) is 4.00. The maximum absolute atomic E-state index is 6.00. The quantitative estimate of drug-likeness (QED) is 0.816. The molecule has 2 aromatic rings. The van der Waals surface area contributed by atoms with Crippen LogP contribution in [0.2, 0.25) is 0 Å². The lowest BCUT2D eigenvalue weighted by Crippen LogP contribution is -2.44. The number of anilines is 1. The predicted molar refractivity (Wildman–Crippen MR) is 96.1 cm³/mol. The van der Waals surface area contributed by atoms with Gasteiger partial charge in [0, 0.05) is 31.7 Å². The van der Waals surface area contributed by atoms with Crippen molar-refractivity contribution >= 4 is 40.8 Å². The maximum atomic E-state index is 6.00. The Bertz CT molecular complexity index is 699. The number of piperazine rings is 1. The fraction of sp³-hybridized carbons (Fsp3) is 0.400. The number of aromatic nitrogens is 3. The van der Waals surface area contributed by atoms with E-state index >= 15 is 0 Å². The van der Waals surface area contributed by atoms with Crippen molar-refractivity contribution < 1.29 is 4.74 Å². The van der Waals surface area contributed by atoms with Crippen molar-refractivity contribution in [1.82, 2.24) is 20.3 Å². The van der Waals surface area contributed by atoms with Crippen LogP contribution in [0.4, 0.5) is 5.95 Å². The van der Waals surface area contributed by atoms with Gasteiger partial charge in [-0.25, -0.2) is 4.98 Å². The summed E-state index contributed by atoms with van der Waals surface area (Å²) in [7, 11) is 1.61. The van der Waals surface area contributed by atoms with Crippen LogP contribution in [0.25, 0.3) is 11.4 Å². The van der Waals surface area contributed by atoms with Gasteiger partial charge in [-0.2, -0.15) is 9.97 Å². The zero-order chi connectivity index (χ0) is 17.2. The SMILES string of the molecule is COc1ccc(-c2nc(N3CCNCC3)nc(C(Cl)(Cl)Cl)n2)cc1. The topological polar surface area (TPSA) is 63.2 Å². The average Bonchev–Trinajstić information content (AvgIpc) is 2.61. The molecule has 1 aromatic heterocycles. The molecule has 128 valence electrons. The van der Waals surface area contributed by atoms with E-state index in [0.717, 1.165) is 37.5 Å². The molecule has 0 atom stereocenters. The van der Waals surface area contributed by atoms with Gasteiger partial charge >= 0.3 is 0 Å². The highest BCUT2D eigenvalue weighted by atomic mass is 35.6. The lowest BCUT2D eigenvalue weighted by molar-refractivity contribution is 0.415. The first-order valence-electron chi connectivity index (χ1n) is 7.41. The molecule has 6 nitrogen and oxygen atoms in total. The normalized spacial score (nSPS) is 15.4. The summed E-state index contributed by atoms with van der Waals surface area (Å²) < 4.78 is 3.45. The molecule has 0 saturated carbocycles. The minimum Gasteiger partial charge on any atom is -0.497 e. The number of nitrogens with zero attached hydrogens (tertiary/aromatic N) is 4. The van der Waals surface area contributed by atoms with Crippen molar-refractivity contribution in [2.75, 3.05) is 38.2 Å². The Kier molecular flexibility index (Phi) is 5.30. The van der Waals surface area contributed by atoms with Crippen LogP contribution in [-0.2, 0) is 3.79 Å². The predicted octanol–water partition coefficient (Wildman–Crippen LogP) is 2.78. The molecule has 3 rings (SSSR count). The van der Waals surface area contributed by atoms with Gasteiger partial charge in [0.15, 0.2) is 11.6 Å². The van der Waals surface area contributed by atoms with E-state index in [1.807, 2.05) is 29.2 Å². The van der Waals surface area contributed by atoms with Crippen LogP contribution in [-0.4, -0.2) is 48.2 Å². The first-order chi connectivity index (χ1) is 11.5. The smallest absolute Gasteiger partial charge is 0.250 e. The highest BCUT2D eigenvalue weighted by molar-refractivity contribution is 6.66. The second-order valence-electron chi connectivity index (χ2n) is 5.25. The molecule has 1 N–H and O–H groups in total. The monoisotopic (exact) mass is 387 g/mol. The molecule has 0 spiro atoms. The van der Waals surface area contributed by atoms with Crippen LogP contribution < -0.4 is 15.0 Å². The summed E-state index contributed by atoms with van der Waals surface area (Å²) in [6.07, 6.45) is 0. The van der Waals surface area contributed by atoms with E-state index in [9.17, 15) is 0 Å². The first-order valence-corrected chi connectivity index (χ1v) is 8.54. The maximum Gasteiger partial charge on any atom is 0.250 e. The first kappa shape index (κ1) is 17.5. The molecule has 1 aromatic carbocycles. The minimum absolute atomic E-state index is 0.113. The van der Waals surface area contributed by atoms with E-state index in [0.29, 0.717) is 11.8 Å². The number of halogens is 3. The van der Waals surface area contributed by atoms with Crippen molar-refractivity contribution in [2.45, 2.75) is 3.79 Å². The van der Waals surface area contributed by atoms with Crippen molar-refractivity contribution in [1.29, 1.82) is 0 Å². The van der Waals surface area contributed by atoms with Crippen LogP contribution in [0.3, 0.4) is 0 Å². The number of nitrogens with one attached hydrogen (secondary N) is 1. The molecule has 1 fully saturated rings. The van der Waals surface area contributed by atoms with Gasteiger partial charge in [0.05, 0.1) is 7.11 Å². The van der Waals surface area contributed by atoms with Crippen LogP contribution in [0.1, 0.15) is 5.82 Å². The van der Waals surface area contributed by atoms with E-state index in [2.05, 4.69) is 20.3 Å². The molecule has 1 saturated heterocycles. The Morgan fingerprint density at radius 3 is 2.29 bits per heavy atom. The van der Waals surface area contributed by atoms with E-state index < -0.39 is 3.79 Å². The summed E-state index contributed by atoms with van der Waals surface area (Å²) in [4.78, 5) is 15.3. The molecule has 0 aliphatic carbocycles. The second kappa shape index (κ2) is 7.27. The molecule has 2 heterocycles. The van der Waals surface area contributed by atoms with Crippen molar-refractivity contribution in [2.24, 2.45) is 0 Å². The summed E-state index contributed by atoms with van der Waals surface area (Å²) in [5, 5.41) is 3.28. The molecular weight excluding hydrogens is 373 g/mol. The Labute approximate surface area is 155 Å². The molecule has 24 heavy (non-hydrogen) atoms. The van der Waals surface area contributed by atoms with Gasteiger partial charge in [0.1, 0.15) is 5.75 Å². The zero-order valence-electron chi connectivity index (χ0n) is 13.0. The largest absolute Gasteiger partial charge is 0.497 e. The van der Waals surface area contributed by atoms with Gasteiger partial charge in [-0.05, 0) is 24.3 Å². The Balaban J connectivity index is 2.03. The number of rotatable bonds is 3. The molecule has 0 radical (unpaired) electrons. The Morgan fingerprint density at radius 2 is 1.71 bits per heavy atom. The standard InChI is InChI=1S/C15H16Cl3N5O/c1-24-11-4-2-10(3-5-11)12-20-13(15(16,17)18)22-14(21-12)23-8-6-19-7-9-23/h2-5,19H,6-9H2,1H3. The van der Waals surface area contributed by atoms with E-state index in [4.69, 9.17) is 39.5 Å². The number of benzene rings is 1. The number of methoxy groups -OCH3 is 1. The van der Waals surface area contributed by atoms with Crippen molar-refractivity contribution in [3.63, 3.8) is 0 Å². The lowest BCUT2D eigenvalue weighted by Gasteiger charge is -2.28. The molecule has 1 aliphatic heterocycles. The highest BCUT2D eigenvalue weighted by Gasteiger charge is 2.29. The fourth-order valence-electron chi connectivity index (χ4n) is 2.37. The molecule has 0 amide bonds. The average molecular weight is 389 g/mol. The lowest BCUT2D eigenvalue weighted by atomic mass is 10.2. The second-order valence-corrected chi connectivity index (χ2v) is 7.53. The molecule has 1 aliphatic rings. The Morgan fingerprint density at radius 1 is 1.04 bits per heavy atom. The van der Waals surface area contributed by atoms with Crippen LogP contribution >= 0.6 is 34.8 Å². The number of ether oxygens (including phenoxy) is 1. The number of alkyl halides is 3. The van der Waals surface area contributed by atoms with Gasteiger partial charge in [0.25, 0.3) is 0 Å². The summed E-state index contributed by atoms with van der Waals surface area (Å²) >= 11 is 18.0.